The van der Waals surface area contributed by atoms with Gasteiger partial charge in [-0.05, 0) is 17.7 Å². The van der Waals surface area contributed by atoms with Gasteiger partial charge >= 0.3 is 0 Å². The van der Waals surface area contributed by atoms with E-state index >= 15 is 0 Å². The summed E-state index contributed by atoms with van der Waals surface area (Å²) in [5.74, 6) is 3.19. The van der Waals surface area contributed by atoms with Gasteiger partial charge in [-0.3, -0.25) is 0 Å². The summed E-state index contributed by atoms with van der Waals surface area (Å²) in [6, 6.07) is 5.95. The van der Waals surface area contributed by atoms with Gasteiger partial charge in [0.15, 0.2) is 16.7 Å². The molecule has 1 aromatic heterocycles. The molecule has 2 N–H and O–H groups in total. The van der Waals surface area contributed by atoms with E-state index in [9.17, 15) is 0 Å². The SMILES string of the molecule is Cn1c(CN)nnc1SCc1ccc2c(c1)OCO2. The lowest BCUT2D eigenvalue weighted by Crippen LogP contribution is -2.05. The highest BCUT2D eigenvalue weighted by atomic mass is 32.2. The molecule has 6 nitrogen and oxygen atoms in total. The van der Waals surface area contributed by atoms with Gasteiger partial charge in [-0.25, -0.2) is 0 Å². The van der Waals surface area contributed by atoms with E-state index in [4.69, 9.17) is 15.2 Å². The van der Waals surface area contributed by atoms with Gasteiger partial charge in [-0.2, -0.15) is 0 Å². The zero-order chi connectivity index (χ0) is 13.2. The summed E-state index contributed by atoms with van der Waals surface area (Å²) >= 11 is 1.62. The van der Waals surface area contributed by atoms with Gasteiger partial charge < -0.3 is 19.8 Å². The monoisotopic (exact) mass is 278 g/mol. The second kappa shape index (κ2) is 5.10. The number of ether oxygens (including phenoxy) is 2. The van der Waals surface area contributed by atoms with Crippen LogP contribution in [0.2, 0.25) is 0 Å². The Labute approximate surface area is 114 Å². The first-order valence-corrected chi connectivity index (χ1v) is 6.86. The van der Waals surface area contributed by atoms with Crippen molar-refractivity contribution >= 4 is 11.8 Å². The van der Waals surface area contributed by atoms with E-state index < -0.39 is 0 Å². The van der Waals surface area contributed by atoms with Crippen LogP contribution in [0.5, 0.6) is 11.5 Å². The third-order valence-electron chi connectivity index (χ3n) is 2.91. The fourth-order valence-corrected chi connectivity index (χ4v) is 2.70. The average molecular weight is 278 g/mol. The Morgan fingerprint density at radius 3 is 2.95 bits per heavy atom. The number of thioether (sulfide) groups is 1. The molecule has 0 saturated heterocycles. The first-order valence-electron chi connectivity index (χ1n) is 5.87. The van der Waals surface area contributed by atoms with Crippen LogP contribution in [0.1, 0.15) is 11.4 Å². The molecule has 0 saturated carbocycles. The number of hydrogen-bond donors (Lipinski definition) is 1. The van der Waals surface area contributed by atoms with E-state index in [1.807, 2.05) is 29.8 Å². The Bertz CT molecular complexity index is 599. The lowest BCUT2D eigenvalue weighted by molar-refractivity contribution is 0.174. The fraction of sp³-hybridized carbons (Fsp3) is 0.333. The van der Waals surface area contributed by atoms with Gasteiger partial charge in [0.1, 0.15) is 5.82 Å². The van der Waals surface area contributed by atoms with Gasteiger partial charge in [-0.15, -0.1) is 10.2 Å². The quantitative estimate of drug-likeness (QED) is 0.850. The topological polar surface area (TPSA) is 75.2 Å². The van der Waals surface area contributed by atoms with Crippen molar-refractivity contribution in [2.24, 2.45) is 12.8 Å². The largest absolute Gasteiger partial charge is 0.454 e. The second-order valence-corrected chi connectivity index (χ2v) is 5.08. The highest BCUT2D eigenvalue weighted by molar-refractivity contribution is 7.98. The van der Waals surface area contributed by atoms with Gasteiger partial charge in [-0.1, -0.05) is 17.8 Å². The zero-order valence-corrected chi connectivity index (χ0v) is 11.3. The molecule has 2 heterocycles. The first-order chi connectivity index (χ1) is 9.28. The van der Waals surface area contributed by atoms with Gasteiger partial charge in [0.2, 0.25) is 6.79 Å². The molecule has 0 bridgehead atoms. The highest BCUT2D eigenvalue weighted by Crippen LogP contribution is 2.34. The van der Waals surface area contributed by atoms with Crippen molar-refractivity contribution in [3.63, 3.8) is 0 Å². The van der Waals surface area contributed by atoms with Crippen molar-refractivity contribution in [2.75, 3.05) is 6.79 Å². The summed E-state index contributed by atoms with van der Waals surface area (Å²) < 4.78 is 12.6. The standard InChI is InChI=1S/C12H14N4O2S/c1-16-11(5-13)14-15-12(16)19-6-8-2-3-9-10(4-8)18-7-17-9/h2-4H,5-7,13H2,1H3. The Balaban J connectivity index is 1.70. The minimum atomic E-state index is 0.301. The Morgan fingerprint density at radius 1 is 1.32 bits per heavy atom. The molecule has 100 valence electrons. The van der Waals surface area contributed by atoms with Crippen molar-refractivity contribution in [3.8, 4) is 11.5 Å². The van der Waals surface area contributed by atoms with Crippen LogP contribution in [0, 0.1) is 0 Å². The summed E-state index contributed by atoms with van der Waals surface area (Å²) in [7, 11) is 1.92. The van der Waals surface area contributed by atoms with Crippen molar-refractivity contribution in [1.82, 2.24) is 14.8 Å². The Kier molecular flexibility index (Phi) is 3.31. The van der Waals surface area contributed by atoms with Gasteiger partial charge in [0.25, 0.3) is 0 Å². The Morgan fingerprint density at radius 2 is 2.16 bits per heavy atom. The van der Waals surface area contributed by atoms with E-state index in [-0.39, 0.29) is 0 Å². The molecule has 0 unspecified atom stereocenters. The molecule has 3 rings (SSSR count). The molecule has 0 atom stereocenters. The molecule has 0 amide bonds. The molecule has 0 fully saturated rings. The highest BCUT2D eigenvalue weighted by Gasteiger charge is 2.14. The molecule has 0 aliphatic carbocycles. The van der Waals surface area contributed by atoms with Crippen molar-refractivity contribution in [2.45, 2.75) is 17.5 Å². The molecule has 19 heavy (non-hydrogen) atoms. The number of fused-ring (bicyclic) bond motifs is 1. The minimum Gasteiger partial charge on any atom is -0.454 e. The number of nitrogens with zero attached hydrogens (tertiary/aromatic N) is 3. The van der Waals surface area contributed by atoms with Crippen LogP contribution in [0.15, 0.2) is 23.4 Å². The number of aromatic nitrogens is 3. The van der Waals surface area contributed by atoms with Crippen LogP contribution in [-0.4, -0.2) is 21.6 Å². The number of rotatable bonds is 4. The number of hydrogen-bond acceptors (Lipinski definition) is 6. The number of benzene rings is 1. The predicted molar refractivity (Wildman–Crippen MR) is 71.0 cm³/mol. The van der Waals surface area contributed by atoms with Crippen LogP contribution >= 0.6 is 11.8 Å². The number of nitrogens with two attached hydrogens (primary N) is 1. The minimum absolute atomic E-state index is 0.301. The van der Waals surface area contributed by atoms with Crippen LogP contribution in [0.25, 0.3) is 0 Å². The molecular formula is C12H14N4O2S. The maximum atomic E-state index is 5.57. The van der Waals surface area contributed by atoms with E-state index in [1.54, 1.807) is 11.8 Å². The molecule has 7 heteroatoms. The summed E-state index contributed by atoms with van der Waals surface area (Å²) in [6.07, 6.45) is 0. The molecule has 1 aliphatic heterocycles. The summed E-state index contributed by atoms with van der Waals surface area (Å²) in [6.45, 7) is 0.698. The van der Waals surface area contributed by atoms with E-state index in [0.29, 0.717) is 13.3 Å². The second-order valence-electron chi connectivity index (χ2n) is 4.14. The van der Waals surface area contributed by atoms with Crippen molar-refractivity contribution in [1.29, 1.82) is 0 Å². The van der Waals surface area contributed by atoms with Crippen molar-refractivity contribution < 1.29 is 9.47 Å². The lowest BCUT2D eigenvalue weighted by atomic mass is 10.2. The fourth-order valence-electron chi connectivity index (χ4n) is 1.83. The molecular weight excluding hydrogens is 264 g/mol. The van der Waals surface area contributed by atoms with E-state index in [1.165, 1.54) is 0 Å². The van der Waals surface area contributed by atoms with E-state index in [2.05, 4.69) is 10.2 Å². The van der Waals surface area contributed by atoms with Gasteiger partial charge in [0, 0.05) is 12.8 Å². The molecule has 0 spiro atoms. The first kappa shape index (κ1) is 12.3. The smallest absolute Gasteiger partial charge is 0.231 e. The Hall–Kier alpha value is -1.73. The summed E-state index contributed by atoms with van der Waals surface area (Å²) in [5.41, 5.74) is 6.73. The third-order valence-corrected chi connectivity index (χ3v) is 4.00. The van der Waals surface area contributed by atoms with Crippen molar-refractivity contribution in [3.05, 3.63) is 29.6 Å². The lowest BCUT2D eigenvalue weighted by Gasteiger charge is -2.03. The van der Waals surface area contributed by atoms with Crippen LogP contribution < -0.4 is 15.2 Å². The maximum absolute atomic E-state index is 5.57. The predicted octanol–water partition coefficient (Wildman–Crippen LogP) is 1.29. The van der Waals surface area contributed by atoms with Crippen LogP contribution in [0.3, 0.4) is 0 Å². The molecule has 1 aliphatic rings. The molecule has 2 aromatic rings. The summed E-state index contributed by atoms with van der Waals surface area (Å²) in [5, 5.41) is 9.00. The third kappa shape index (κ3) is 2.39. The van der Waals surface area contributed by atoms with Crippen LogP contribution in [0.4, 0.5) is 0 Å². The van der Waals surface area contributed by atoms with Gasteiger partial charge in [0.05, 0.1) is 6.54 Å². The normalized spacial score (nSPS) is 12.9. The molecule has 1 aromatic carbocycles. The zero-order valence-electron chi connectivity index (χ0n) is 10.5. The summed E-state index contributed by atoms with van der Waals surface area (Å²) in [4.78, 5) is 0. The average Bonchev–Trinajstić information content (AvgIpc) is 3.02. The van der Waals surface area contributed by atoms with Crippen LogP contribution in [-0.2, 0) is 19.3 Å². The molecule has 0 radical (unpaired) electrons. The maximum Gasteiger partial charge on any atom is 0.231 e. The van der Waals surface area contributed by atoms with E-state index in [0.717, 1.165) is 33.8 Å².